The van der Waals surface area contributed by atoms with Gasteiger partial charge < -0.3 is 19.1 Å². The van der Waals surface area contributed by atoms with Crippen LogP contribution in [0.25, 0.3) is 0 Å². The average Bonchev–Trinajstić information content (AvgIpc) is 2.42. The maximum Gasteiger partial charge on any atom is 0.324 e. The third-order valence-electron chi connectivity index (χ3n) is 1.84. The summed E-state index contributed by atoms with van der Waals surface area (Å²) < 4.78 is 9.46. The van der Waals surface area contributed by atoms with Crippen LogP contribution >= 0.6 is 6.72 Å². The van der Waals surface area contributed by atoms with E-state index in [1.807, 2.05) is 6.07 Å². The first kappa shape index (κ1) is 18.7. The van der Waals surface area contributed by atoms with Crippen molar-refractivity contribution in [1.29, 1.82) is 5.26 Å². The van der Waals surface area contributed by atoms with E-state index in [-0.39, 0.29) is 5.71 Å². The zero-order valence-corrected chi connectivity index (χ0v) is 13.0. The minimum Gasteiger partial charge on any atom is -0.410 e. The predicted octanol–water partition coefficient (Wildman–Crippen LogP) is 2.66. The average molecular weight is 316 g/mol. The lowest BCUT2D eigenvalue weighted by molar-refractivity contribution is 0.212. The molecule has 0 spiro atoms. The fraction of sp³-hybridized carbons (Fsp3) is 0.333. The lowest BCUT2D eigenvalue weighted by Gasteiger charge is -2.12. The molecule has 1 rings (SSSR count). The summed E-state index contributed by atoms with van der Waals surface area (Å²) in [5.41, 5.74) is 0.656. The molecule has 0 heterocycles. The van der Waals surface area contributed by atoms with Crippen LogP contribution in [0.2, 0.25) is 0 Å². The van der Waals surface area contributed by atoms with Crippen molar-refractivity contribution in [3.05, 3.63) is 35.9 Å². The second-order valence-corrected chi connectivity index (χ2v) is 6.07. The van der Waals surface area contributed by atoms with Crippen molar-refractivity contribution in [1.82, 2.24) is 0 Å². The lowest BCUT2D eigenvalue weighted by atomic mass is 10.1. The van der Waals surface area contributed by atoms with E-state index in [9.17, 15) is 0 Å². The fourth-order valence-corrected chi connectivity index (χ4v) is 2.46. The molecule has 0 amide bonds. The van der Waals surface area contributed by atoms with Gasteiger partial charge in [0.05, 0.1) is 13.2 Å². The van der Waals surface area contributed by atoms with Crippen molar-refractivity contribution in [3.63, 3.8) is 0 Å². The van der Waals surface area contributed by atoms with Crippen molar-refractivity contribution in [2.24, 2.45) is 5.16 Å². The summed E-state index contributed by atoms with van der Waals surface area (Å²) in [6.45, 7) is 1.45. The first-order valence-electron chi connectivity index (χ1n) is 5.80. The van der Waals surface area contributed by atoms with Gasteiger partial charge in [0.25, 0.3) is 0 Å². The highest BCUT2D eigenvalue weighted by Crippen LogP contribution is 2.42. The maximum atomic E-state index is 9.00. The van der Waals surface area contributed by atoms with Gasteiger partial charge in [-0.2, -0.15) is 5.26 Å². The minimum atomic E-state index is -2.86. The molecule has 0 bridgehead atoms. The third-order valence-corrected chi connectivity index (χ3v) is 3.64. The van der Waals surface area contributed by atoms with Crippen LogP contribution in [0, 0.1) is 11.3 Å². The zero-order valence-electron chi connectivity index (χ0n) is 11.3. The molecule has 0 unspecified atom stereocenters. The molecule has 0 aliphatic carbocycles. The molecular weight excluding hydrogens is 299 g/mol. The van der Waals surface area contributed by atoms with E-state index in [4.69, 9.17) is 24.4 Å². The predicted molar refractivity (Wildman–Crippen MR) is 80.1 cm³/mol. The molecule has 1 aromatic carbocycles. The number of nitriles is 1. The Morgan fingerprint density at radius 1 is 1.30 bits per heavy atom. The monoisotopic (exact) mass is 316 g/mol. The van der Waals surface area contributed by atoms with Crippen LogP contribution in [0.5, 0.6) is 0 Å². The molecule has 110 valence electrons. The molecule has 0 radical (unpaired) electrons. The van der Waals surface area contributed by atoms with Gasteiger partial charge in [0, 0.05) is 5.56 Å². The molecule has 2 N–H and O–H groups in total. The highest BCUT2D eigenvalue weighted by atomic mass is 32.5. The quantitative estimate of drug-likeness (QED) is 0.375. The summed E-state index contributed by atoms with van der Waals surface area (Å²) >= 11 is 4.56. The lowest BCUT2D eigenvalue weighted by Crippen LogP contribution is -1.95. The Labute approximate surface area is 123 Å². The normalized spacial score (nSPS) is 11.2. The number of hydrogen-bond acceptors (Lipinski definition) is 6. The van der Waals surface area contributed by atoms with Gasteiger partial charge in [-0.3, -0.25) is 0 Å². The zero-order chi connectivity index (χ0) is 15.4. The van der Waals surface area contributed by atoms with Crippen LogP contribution in [0.3, 0.4) is 0 Å². The number of oxime groups is 1. The van der Waals surface area contributed by atoms with Crippen molar-refractivity contribution in [2.75, 3.05) is 13.2 Å². The van der Waals surface area contributed by atoms with Crippen molar-refractivity contribution < 1.29 is 19.1 Å². The van der Waals surface area contributed by atoms with Gasteiger partial charge in [-0.1, -0.05) is 35.5 Å². The number of nitrogens with zero attached hydrogens (tertiary/aromatic N) is 2. The Bertz CT molecular complexity index is 492. The van der Waals surface area contributed by atoms with Crippen LogP contribution in [0.15, 0.2) is 35.5 Å². The van der Waals surface area contributed by atoms with Gasteiger partial charge in [0.1, 0.15) is 6.07 Å². The van der Waals surface area contributed by atoms with Crippen LogP contribution in [0.4, 0.5) is 0 Å². The molecule has 6 nitrogen and oxygen atoms in total. The summed E-state index contributed by atoms with van der Waals surface area (Å²) in [4.78, 5) is 9.00. The molecule has 8 heteroatoms. The van der Waals surface area contributed by atoms with Gasteiger partial charge in [-0.05, 0) is 25.7 Å². The molecule has 20 heavy (non-hydrogen) atoms. The van der Waals surface area contributed by atoms with Crippen molar-refractivity contribution >= 4 is 24.2 Å². The second kappa shape index (κ2) is 10.5. The van der Waals surface area contributed by atoms with E-state index in [1.54, 1.807) is 44.2 Å². The Morgan fingerprint density at radius 2 is 1.80 bits per heavy atom. The van der Waals surface area contributed by atoms with Crippen molar-refractivity contribution in [3.8, 4) is 6.07 Å². The van der Waals surface area contributed by atoms with Gasteiger partial charge in [0.15, 0.2) is 5.71 Å². The van der Waals surface area contributed by atoms with E-state index in [0.717, 1.165) is 0 Å². The molecule has 1 aromatic rings. The SMILES string of the molecule is CCOP(O)(=S)OCC.N#CC(=NO)c1ccccc1. The van der Waals surface area contributed by atoms with E-state index in [0.29, 0.717) is 18.8 Å². The Kier molecular flexibility index (Phi) is 9.82. The van der Waals surface area contributed by atoms with Gasteiger partial charge >= 0.3 is 6.72 Å². The topological polar surface area (TPSA) is 95.1 Å². The second-order valence-electron chi connectivity index (χ2n) is 3.23. The summed E-state index contributed by atoms with van der Waals surface area (Å²) in [5.74, 6) is 0. The molecule has 0 aromatic heterocycles. The molecule has 0 atom stereocenters. The fourth-order valence-electron chi connectivity index (χ4n) is 1.10. The summed E-state index contributed by atoms with van der Waals surface area (Å²) in [7, 11) is 0. The summed E-state index contributed by atoms with van der Waals surface area (Å²) in [6, 6.07) is 10.6. The molecule has 0 saturated heterocycles. The minimum absolute atomic E-state index is 0.0330. The maximum absolute atomic E-state index is 9.00. The highest BCUT2D eigenvalue weighted by molar-refractivity contribution is 8.07. The van der Waals surface area contributed by atoms with E-state index >= 15 is 0 Å². The van der Waals surface area contributed by atoms with E-state index in [1.165, 1.54) is 0 Å². The first-order valence-corrected chi connectivity index (χ1v) is 8.39. The highest BCUT2D eigenvalue weighted by Gasteiger charge is 2.10. The molecule has 0 aliphatic rings. The molecular formula is C12H17N2O4PS. The van der Waals surface area contributed by atoms with Gasteiger partial charge in [0.2, 0.25) is 0 Å². The Hall–Kier alpha value is -1.29. The standard InChI is InChI=1S/C8H6N2O.C4H11O3PS/c9-6-8(10-11)7-4-2-1-3-5-7;1-3-6-8(5,9)7-4-2/h1-5,11H;3-4H2,1-2H3,(H,5,9). The van der Waals surface area contributed by atoms with Crippen LogP contribution in [0.1, 0.15) is 19.4 Å². The first-order chi connectivity index (χ1) is 9.50. The van der Waals surface area contributed by atoms with Gasteiger partial charge in [-0.25, -0.2) is 0 Å². The van der Waals surface area contributed by atoms with Crippen LogP contribution in [-0.4, -0.2) is 29.0 Å². The Balaban J connectivity index is 0.000000370. The Morgan fingerprint density at radius 3 is 2.15 bits per heavy atom. The van der Waals surface area contributed by atoms with Gasteiger partial charge in [-0.15, -0.1) is 0 Å². The van der Waals surface area contributed by atoms with Crippen molar-refractivity contribution in [2.45, 2.75) is 13.8 Å². The molecule has 0 fully saturated rings. The van der Waals surface area contributed by atoms with E-state index < -0.39 is 6.72 Å². The van der Waals surface area contributed by atoms with E-state index in [2.05, 4.69) is 17.0 Å². The van der Waals surface area contributed by atoms with Crippen LogP contribution in [-0.2, 0) is 20.9 Å². The summed E-state index contributed by atoms with van der Waals surface area (Å²) in [6.07, 6.45) is 0. The largest absolute Gasteiger partial charge is 0.410 e. The smallest absolute Gasteiger partial charge is 0.324 e. The number of benzene rings is 1. The van der Waals surface area contributed by atoms with Crippen LogP contribution < -0.4 is 0 Å². The molecule has 0 aliphatic heterocycles. The number of rotatable bonds is 5. The number of hydrogen-bond donors (Lipinski definition) is 2. The third kappa shape index (κ3) is 8.00. The summed E-state index contributed by atoms with van der Waals surface area (Å²) in [5, 5.41) is 19.6. The molecule has 0 saturated carbocycles.